The van der Waals surface area contributed by atoms with Crippen LogP contribution in [0.15, 0.2) is 23.1 Å². The average Bonchev–Trinajstić information content (AvgIpc) is 2.63. The van der Waals surface area contributed by atoms with Gasteiger partial charge in [0.05, 0.1) is 5.02 Å². The molecule has 0 spiro atoms. The van der Waals surface area contributed by atoms with Crippen LogP contribution < -0.4 is 11.1 Å². The van der Waals surface area contributed by atoms with Gasteiger partial charge in [-0.2, -0.15) is 0 Å². The molecule has 0 radical (unpaired) electrons. The van der Waals surface area contributed by atoms with E-state index >= 15 is 0 Å². The Labute approximate surface area is 104 Å². The highest BCUT2D eigenvalue weighted by atomic mass is 35.5. The van der Waals surface area contributed by atoms with Gasteiger partial charge in [0.1, 0.15) is 0 Å². The molecule has 2 rings (SSSR count). The molecule has 0 aromatic heterocycles. The van der Waals surface area contributed by atoms with Crippen molar-refractivity contribution in [3.05, 3.63) is 23.2 Å². The maximum atomic E-state index is 11.0. The van der Waals surface area contributed by atoms with E-state index in [4.69, 9.17) is 17.3 Å². The van der Waals surface area contributed by atoms with Crippen molar-refractivity contribution in [2.45, 2.75) is 23.8 Å². The third-order valence-electron chi connectivity index (χ3n) is 2.51. The zero-order chi connectivity index (χ0) is 11.5. The van der Waals surface area contributed by atoms with Gasteiger partial charge < -0.3 is 11.1 Å². The summed E-state index contributed by atoms with van der Waals surface area (Å²) in [5, 5.41) is 3.59. The van der Waals surface area contributed by atoms with Gasteiger partial charge >= 0.3 is 0 Å². The summed E-state index contributed by atoms with van der Waals surface area (Å²) in [4.78, 5) is 11.9. The monoisotopic (exact) mass is 256 g/mol. The van der Waals surface area contributed by atoms with Gasteiger partial charge in [-0.15, -0.1) is 11.8 Å². The van der Waals surface area contributed by atoms with Crippen LogP contribution in [0.5, 0.6) is 0 Å². The first kappa shape index (κ1) is 11.6. The standard InChI is InChI=1S/C11H13ClN2OS/c12-8-2-1-3-9(13)11(8)16-6-7-4-5-10(15)14-7/h1-3,7H,4-6,13H2,(H,14,15). The molecule has 1 aliphatic heterocycles. The van der Waals surface area contributed by atoms with Gasteiger partial charge in [0, 0.05) is 28.8 Å². The first-order valence-electron chi connectivity index (χ1n) is 5.13. The summed E-state index contributed by atoms with van der Waals surface area (Å²) in [6, 6.07) is 5.74. The number of anilines is 1. The van der Waals surface area contributed by atoms with Crippen LogP contribution in [0.1, 0.15) is 12.8 Å². The zero-order valence-electron chi connectivity index (χ0n) is 8.70. The molecule has 1 heterocycles. The number of nitrogens with two attached hydrogens (primary N) is 1. The van der Waals surface area contributed by atoms with Gasteiger partial charge in [0.15, 0.2) is 0 Å². The lowest BCUT2D eigenvalue weighted by atomic mass is 10.2. The van der Waals surface area contributed by atoms with Crippen molar-refractivity contribution < 1.29 is 4.79 Å². The molecule has 1 atom stereocenters. The van der Waals surface area contributed by atoms with E-state index in [1.165, 1.54) is 0 Å². The van der Waals surface area contributed by atoms with Crippen molar-refractivity contribution in [2.24, 2.45) is 0 Å². The summed E-state index contributed by atoms with van der Waals surface area (Å²) in [5.74, 6) is 0.956. The first-order valence-corrected chi connectivity index (χ1v) is 6.49. The molecule has 86 valence electrons. The molecular weight excluding hydrogens is 244 g/mol. The number of thioether (sulfide) groups is 1. The van der Waals surface area contributed by atoms with Gasteiger partial charge in [-0.25, -0.2) is 0 Å². The number of benzene rings is 1. The van der Waals surface area contributed by atoms with Crippen LogP contribution in [0.3, 0.4) is 0 Å². The Morgan fingerprint density at radius 1 is 1.56 bits per heavy atom. The molecule has 5 heteroatoms. The normalized spacial score (nSPS) is 19.8. The molecule has 0 aliphatic carbocycles. The van der Waals surface area contributed by atoms with Gasteiger partial charge in [-0.1, -0.05) is 17.7 Å². The largest absolute Gasteiger partial charge is 0.398 e. The highest BCUT2D eigenvalue weighted by Crippen LogP contribution is 2.33. The number of halogens is 1. The summed E-state index contributed by atoms with van der Waals surface area (Å²) in [6.45, 7) is 0. The fraction of sp³-hybridized carbons (Fsp3) is 0.364. The third-order valence-corrected chi connectivity index (χ3v) is 4.25. The molecule has 0 bridgehead atoms. The fourth-order valence-electron chi connectivity index (χ4n) is 1.66. The van der Waals surface area contributed by atoms with E-state index in [9.17, 15) is 4.79 Å². The van der Waals surface area contributed by atoms with Crippen LogP contribution >= 0.6 is 23.4 Å². The Hall–Kier alpha value is -0.870. The lowest BCUT2D eigenvalue weighted by molar-refractivity contribution is -0.119. The van der Waals surface area contributed by atoms with Crippen molar-refractivity contribution in [2.75, 3.05) is 11.5 Å². The number of nitrogen functional groups attached to an aromatic ring is 1. The SMILES string of the molecule is Nc1cccc(Cl)c1SCC1CCC(=O)N1. The quantitative estimate of drug-likeness (QED) is 0.645. The minimum absolute atomic E-state index is 0.137. The van der Waals surface area contributed by atoms with Gasteiger partial charge in [0.2, 0.25) is 5.91 Å². The second kappa shape index (κ2) is 4.97. The molecule has 1 amide bonds. The molecule has 1 saturated heterocycles. The van der Waals surface area contributed by atoms with Crippen molar-refractivity contribution in [1.29, 1.82) is 0 Å². The third kappa shape index (κ3) is 2.62. The predicted molar refractivity (Wildman–Crippen MR) is 67.8 cm³/mol. The highest BCUT2D eigenvalue weighted by molar-refractivity contribution is 7.99. The number of carbonyl (C=O) groups is 1. The van der Waals surface area contributed by atoms with Crippen molar-refractivity contribution in [3.63, 3.8) is 0 Å². The van der Waals surface area contributed by atoms with Crippen LogP contribution in [0.2, 0.25) is 5.02 Å². The van der Waals surface area contributed by atoms with Crippen molar-refractivity contribution >= 4 is 35.0 Å². The van der Waals surface area contributed by atoms with Crippen LogP contribution in [0.25, 0.3) is 0 Å². The summed E-state index contributed by atoms with van der Waals surface area (Å²) in [7, 11) is 0. The van der Waals surface area contributed by atoms with Gasteiger partial charge in [-0.3, -0.25) is 4.79 Å². The van der Waals surface area contributed by atoms with Crippen molar-refractivity contribution in [1.82, 2.24) is 5.32 Å². The number of hydrogen-bond donors (Lipinski definition) is 2. The molecule has 3 N–H and O–H groups in total. The van der Waals surface area contributed by atoms with Crippen molar-refractivity contribution in [3.8, 4) is 0 Å². The summed E-state index contributed by atoms with van der Waals surface area (Å²) >= 11 is 7.66. The molecular formula is C11H13ClN2OS. The Bertz CT molecular complexity index is 391. The van der Waals surface area contributed by atoms with E-state index in [1.54, 1.807) is 11.8 Å². The Morgan fingerprint density at radius 3 is 3.00 bits per heavy atom. The second-order valence-corrected chi connectivity index (χ2v) is 5.21. The molecule has 16 heavy (non-hydrogen) atoms. The minimum Gasteiger partial charge on any atom is -0.398 e. The second-order valence-electron chi connectivity index (χ2n) is 3.77. The van der Waals surface area contributed by atoms with E-state index in [2.05, 4.69) is 5.32 Å². The van der Waals surface area contributed by atoms with Crippen LogP contribution in [0, 0.1) is 0 Å². The minimum atomic E-state index is 0.137. The Kier molecular flexibility index (Phi) is 3.61. The van der Waals surface area contributed by atoms with Gasteiger partial charge in [-0.05, 0) is 18.6 Å². The van der Waals surface area contributed by atoms with E-state index in [0.717, 1.165) is 17.1 Å². The number of nitrogens with one attached hydrogen (secondary N) is 1. The number of rotatable bonds is 3. The molecule has 3 nitrogen and oxygen atoms in total. The topological polar surface area (TPSA) is 55.1 Å². The molecule has 0 saturated carbocycles. The van der Waals surface area contributed by atoms with Gasteiger partial charge in [0.25, 0.3) is 0 Å². The van der Waals surface area contributed by atoms with E-state index < -0.39 is 0 Å². The zero-order valence-corrected chi connectivity index (χ0v) is 10.3. The Morgan fingerprint density at radius 2 is 2.38 bits per heavy atom. The summed E-state index contributed by atoms with van der Waals surface area (Å²) in [5.41, 5.74) is 6.54. The molecule has 1 aliphatic rings. The number of carbonyl (C=O) groups excluding carboxylic acids is 1. The maximum absolute atomic E-state index is 11.0. The van der Waals surface area contributed by atoms with Crippen LogP contribution in [0.4, 0.5) is 5.69 Å². The summed E-state index contributed by atoms with van der Waals surface area (Å²) in [6.07, 6.45) is 1.53. The first-order chi connectivity index (χ1) is 7.66. The van der Waals surface area contributed by atoms with Crippen LogP contribution in [-0.4, -0.2) is 17.7 Å². The lowest BCUT2D eigenvalue weighted by Gasteiger charge is -2.11. The number of amides is 1. The van der Waals surface area contributed by atoms with E-state index in [-0.39, 0.29) is 11.9 Å². The smallest absolute Gasteiger partial charge is 0.220 e. The predicted octanol–water partition coefficient (Wildman–Crippen LogP) is 2.29. The highest BCUT2D eigenvalue weighted by Gasteiger charge is 2.21. The molecule has 1 aromatic carbocycles. The van der Waals surface area contributed by atoms with Crippen LogP contribution in [-0.2, 0) is 4.79 Å². The van der Waals surface area contributed by atoms with E-state index in [1.807, 2.05) is 18.2 Å². The average molecular weight is 257 g/mol. The maximum Gasteiger partial charge on any atom is 0.220 e. The summed E-state index contributed by atoms with van der Waals surface area (Å²) < 4.78 is 0. The lowest BCUT2D eigenvalue weighted by Crippen LogP contribution is -2.27. The Balaban J connectivity index is 1.97. The molecule has 1 aromatic rings. The fourth-order valence-corrected chi connectivity index (χ4v) is 3.07. The number of hydrogen-bond acceptors (Lipinski definition) is 3. The molecule has 1 unspecified atom stereocenters. The molecule has 1 fully saturated rings. The van der Waals surface area contributed by atoms with E-state index in [0.29, 0.717) is 17.1 Å².